The van der Waals surface area contributed by atoms with Crippen LogP contribution in [0.15, 0.2) is 36.7 Å². The van der Waals surface area contributed by atoms with Gasteiger partial charge >= 0.3 is 6.18 Å². The van der Waals surface area contributed by atoms with Gasteiger partial charge in [-0.2, -0.15) is 13.2 Å². The fraction of sp³-hybridized carbons (Fsp3) is 0.385. The summed E-state index contributed by atoms with van der Waals surface area (Å²) in [6, 6.07) is 5.64. The highest BCUT2D eigenvalue weighted by atomic mass is 32.1. The Morgan fingerprint density at radius 3 is 2.67 bits per heavy atom. The minimum atomic E-state index is -4.45. The van der Waals surface area contributed by atoms with E-state index in [1.807, 2.05) is 13.1 Å². The van der Waals surface area contributed by atoms with E-state index in [1.165, 1.54) is 25.3 Å². The molecule has 3 aromatic rings. The van der Waals surface area contributed by atoms with Crippen LogP contribution in [-0.2, 0) is 19.0 Å². The lowest BCUT2D eigenvalue weighted by molar-refractivity contribution is -0.137. The Hall–Kier alpha value is -3.11. The van der Waals surface area contributed by atoms with Crippen LogP contribution < -0.4 is 10.6 Å². The maximum atomic E-state index is 13.3. The lowest BCUT2D eigenvalue weighted by Crippen LogP contribution is -2.31. The Kier molecular flexibility index (Phi) is 6.90. The molecule has 0 amide bonds. The minimum absolute atomic E-state index is 0.288. The van der Waals surface area contributed by atoms with E-state index in [0.29, 0.717) is 28.6 Å². The molecule has 188 valence electrons. The smallest absolute Gasteiger partial charge is 0.349 e. The highest BCUT2D eigenvalue weighted by Gasteiger charge is 2.32. The summed E-state index contributed by atoms with van der Waals surface area (Å²) >= 11 is 5.35. The molecule has 4 heterocycles. The van der Waals surface area contributed by atoms with E-state index >= 15 is 0 Å². The summed E-state index contributed by atoms with van der Waals surface area (Å²) in [4.78, 5) is 16.6. The molecule has 5 rings (SSSR count). The number of piperidine rings is 1. The van der Waals surface area contributed by atoms with Crippen LogP contribution in [0.5, 0.6) is 0 Å². The average Bonchev–Trinajstić information content (AvgIpc) is 2.99. The SMILES string of the molecule is Cc1ncc(CCN2CCCCC2)cc1Nc1ncc2c(n1)-c1ccc(C(F)(F)F)cc1NC(=S)C2. The largest absolute Gasteiger partial charge is 0.416 e. The van der Waals surface area contributed by atoms with E-state index in [2.05, 4.69) is 36.6 Å². The number of hydrogen-bond donors (Lipinski definition) is 2. The van der Waals surface area contributed by atoms with E-state index < -0.39 is 11.7 Å². The Labute approximate surface area is 213 Å². The molecule has 0 bridgehead atoms. The number of rotatable bonds is 5. The first-order valence-corrected chi connectivity index (χ1v) is 12.5. The molecule has 0 atom stereocenters. The van der Waals surface area contributed by atoms with Gasteiger partial charge in [0, 0.05) is 42.2 Å². The number of nitrogens with zero attached hydrogens (tertiary/aromatic N) is 4. The molecule has 0 spiro atoms. The van der Waals surface area contributed by atoms with Crippen molar-refractivity contribution in [1.82, 2.24) is 19.9 Å². The molecular weight excluding hydrogens is 485 g/mol. The van der Waals surface area contributed by atoms with Gasteiger partial charge in [-0.3, -0.25) is 4.98 Å². The molecule has 1 aromatic carbocycles. The predicted octanol–water partition coefficient (Wildman–Crippen LogP) is 5.93. The third kappa shape index (κ3) is 5.49. The molecule has 0 saturated carbocycles. The van der Waals surface area contributed by atoms with Gasteiger partial charge in [0.1, 0.15) is 0 Å². The molecule has 2 aliphatic heterocycles. The fourth-order valence-electron chi connectivity index (χ4n) is 4.66. The van der Waals surface area contributed by atoms with Gasteiger partial charge in [-0.1, -0.05) is 24.7 Å². The second-order valence-corrected chi connectivity index (χ2v) is 9.80. The highest BCUT2D eigenvalue weighted by Crippen LogP contribution is 2.38. The maximum absolute atomic E-state index is 13.3. The zero-order chi connectivity index (χ0) is 25.3. The van der Waals surface area contributed by atoms with Gasteiger partial charge in [0.2, 0.25) is 5.95 Å². The van der Waals surface area contributed by atoms with Crippen LogP contribution >= 0.6 is 12.2 Å². The number of thiocarbonyl (C=S) groups is 1. The maximum Gasteiger partial charge on any atom is 0.416 e. The van der Waals surface area contributed by atoms with Crippen LogP contribution in [0, 0.1) is 6.92 Å². The molecule has 1 fully saturated rings. The molecule has 0 radical (unpaired) electrons. The summed E-state index contributed by atoms with van der Waals surface area (Å²) in [7, 11) is 0. The average molecular weight is 513 g/mol. The van der Waals surface area contributed by atoms with Crippen LogP contribution in [0.3, 0.4) is 0 Å². The molecule has 0 aliphatic carbocycles. The number of aromatic nitrogens is 3. The van der Waals surface area contributed by atoms with E-state index in [1.54, 1.807) is 6.20 Å². The number of hydrogen-bond acceptors (Lipinski definition) is 6. The highest BCUT2D eigenvalue weighted by molar-refractivity contribution is 7.80. The van der Waals surface area contributed by atoms with Gasteiger partial charge in [0.15, 0.2) is 0 Å². The van der Waals surface area contributed by atoms with Crippen LogP contribution in [0.2, 0.25) is 0 Å². The number of fused-ring (bicyclic) bond motifs is 3. The van der Waals surface area contributed by atoms with E-state index in [9.17, 15) is 13.2 Å². The first-order valence-electron chi connectivity index (χ1n) is 12.1. The first kappa shape index (κ1) is 24.6. The Bertz CT molecular complexity index is 1290. The summed E-state index contributed by atoms with van der Waals surface area (Å²) in [6.07, 6.45) is 4.21. The third-order valence-electron chi connectivity index (χ3n) is 6.65. The van der Waals surface area contributed by atoms with Crippen molar-refractivity contribution in [2.24, 2.45) is 0 Å². The van der Waals surface area contributed by atoms with Crippen molar-refractivity contribution in [3.05, 3.63) is 59.0 Å². The normalized spacial score (nSPS) is 16.1. The number of aryl methyl sites for hydroxylation is 1. The van der Waals surface area contributed by atoms with Gasteiger partial charge in [-0.15, -0.1) is 0 Å². The van der Waals surface area contributed by atoms with Crippen LogP contribution in [0.4, 0.5) is 30.5 Å². The van der Waals surface area contributed by atoms with Gasteiger partial charge in [-0.25, -0.2) is 9.97 Å². The minimum Gasteiger partial charge on any atom is -0.349 e. The second kappa shape index (κ2) is 10.1. The van der Waals surface area contributed by atoms with E-state index in [0.717, 1.165) is 60.7 Å². The molecule has 36 heavy (non-hydrogen) atoms. The van der Waals surface area contributed by atoms with Gasteiger partial charge in [0.25, 0.3) is 0 Å². The van der Waals surface area contributed by atoms with Crippen molar-refractivity contribution in [3.63, 3.8) is 0 Å². The topological polar surface area (TPSA) is 66.0 Å². The molecule has 2 N–H and O–H groups in total. The second-order valence-electron chi connectivity index (χ2n) is 9.30. The Morgan fingerprint density at radius 1 is 1.08 bits per heavy atom. The number of benzene rings is 1. The molecule has 6 nitrogen and oxygen atoms in total. The Balaban J connectivity index is 1.41. The molecule has 2 aliphatic rings. The number of halogens is 3. The lowest BCUT2D eigenvalue weighted by Gasteiger charge is -2.26. The summed E-state index contributed by atoms with van der Waals surface area (Å²) in [5, 5.41) is 6.21. The molecule has 1 saturated heterocycles. The fourth-order valence-corrected chi connectivity index (χ4v) is 4.92. The Morgan fingerprint density at radius 2 is 1.89 bits per heavy atom. The number of nitrogens with one attached hydrogen (secondary N) is 2. The van der Waals surface area contributed by atoms with Gasteiger partial charge in [-0.05, 0) is 63.0 Å². The van der Waals surface area contributed by atoms with Crippen molar-refractivity contribution in [2.75, 3.05) is 30.3 Å². The van der Waals surface area contributed by atoms with Crippen molar-refractivity contribution in [1.29, 1.82) is 0 Å². The van der Waals surface area contributed by atoms with Crippen molar-refractivity contribution in [2.45, 2.75) is 45.2 Å². The summed E-state index contributed by atoms with van der Waals surface area (Å²) in [5.74, 6) is 0.352. The zero-order valence-corrected chi connectivity index (χ0v) is 20.8. The van der Waals surface area contributed by atoms with Gasteiger partial charge < -0.3 is 15.5 Å². The monoisotopic (exact) mass is 512 g/mol. The molecule has 10 heteroatoms. The molecule has 0 unspecified atom stereocenters. The van der Waals surface area contributed by atoms with Crippen molar-refractivity contribution >= 4 is 34.5 Å². The summed E-state index contributed by atoms with van der Waals surface area (Å²) in [6.45, 7) is 5.22. The van der Waals surface area contributed by atoms with Crippen molar-refractivity contribution in [3.8, 4) is 11.3 Å². The number of pyridine rings is 1. The summed E-state index contributed by atoms with van der Waals surface area (Å²) in [5.41, 5.74) is 4.15. The number of anilines is 3. The number of alkyl halides is 3. The van der Waals surface area contributed by atoms with Crippen LogP contribution in [0.25, 0.3) is 11.3 Å². The van der Waals surface area contributed by atoms with Gasteiger partial charge in [0.05, 0.1) is 27.6 Å². The molecule has 2 aromatic heterocycles. The third-order valence-corrected chi connectivity index (χ3v) is 6.89. The molecular formula is C26H27F3N6S. The van der Waals surface area contributed by atoms with E-state index in [4.69, 9.17) is 12.2 Å². The predicted molar refractivity (Wildman–Crippen MR) is 139 cm³/mol. The van der Waals surface area contributed by atoms with E-state index in [-0.39, 0.29) is 5.69 Å². The van der Waals surface area contributed by atoms with Crippen LogP contribution in [-0.4, -0.2) is 44.5 Å². The lowest BCUT2D eigenvalue weighted by atomic mass is 10.0. The first-order chi connectivity index (χ1) is 17.3. The standard InChI is InChI=1S/C26H27F3N6S/c1-16-21(11-17(14-30-16)7-10-35-8-3-2-4-9-35)33-25-31-15-18-12-23(36)32-22-13-19(26(27,28)29)5-6-20(22)24(18)34-25/h5-6,11,13-15H,2-4,7-10,12H2,1H3,(H,32,36)(H,31,33,34). The summed E-state index contributed by atoms with van der Waals surface area (Å²) < 4.78 is 39.9. The van der Waals surface area contributed by atoms with Crippen LogP contribution in [0.1, 0.15) is 41.6 Å². The quantitative estimate of drug-likeness (QED) is 0.411. The zero-order valence-electron chi connectivity index (χ0n) is 20.0. The number of likely N-dealkylation sites (tertiary alicyclic amines) is 1. The van der Waals surface area contributed by atoms with Crippen molar-refractivity contribution < 1.29 is 13.2 Å².